The van der Waals surface area contributed by atoms with E-state index in [2.05, 4.69) is 15.9 Å². The van der Waals surface area contributed by atoms with Gasteiger partial charge in [0.05, 0.1) is 8.81 Å². The molecule has 112 valence electrons. The second-order valence-corrected chi connectivity index (χ2v) is 8.97. The van der Waals surface area contributed by atoms with Gasteiger partial charge in [0.15, 0.2) is 0 Å². The van der Waals surface area contributed by atoms with Gasteiger partial charge in [0.1, 0.15) is 4.21 Å². The van der Waals surface area contributed by atoms with Crippen LogP contribution in [0.4, 0.5) is 13.2 Å². The molecule has 0 atom stereocenters. The first kappa shape index (κ1) is 16.3. The number of halogens is 5. The van der Waals surface area contributed by atoms with Gasteiger partial charge in [-0.15, -0.1) is 11.3 Å². The highest BCUT2D eigenvalue weighted by molar-refractivity contribution is 9.11. The molecule has 0 bridgehead atoms. The molecule has 10 heteroatoms. The summed E-state index contributed by atoms with van der Waals surface area (Å²) >= 11 is 9.82. The Morgan fingerprint density at radius 1 is 1.40 bits per heavy atom. The number of nitrogens with zero attached hydrogens (tertiary/aromatic N) is 1. The molecule has 0 saturated carbocycles. The van der Waals surface area contributed by atoms with Crippen molar-refractivity contribution in [3.8, 4) is 0 Å². The summed E-state index contributed by atoms with van der Waals surface area (Å²) in [4.78, 5) is 0. The standard InChI is InChI=1S/C10H8BrClF3NO2S2/c11-9-7(12)5-8(19-9)20(17,18)16-3-1-6(2-4-16)10(13,14)15/h1,5H,2-4H2. The van der Waals surface area contributed by atoms with Crippen molar-refractivity contribution in [2.24, 2.45) is 0 Å². The lowest BCUT2D eigenvalue weighted by Gasteiger charge is -2.25. The van der Waals surface area contributed by atoms with Gasteiger partial charge in [0, 0.05) is 18.7 Å². The van der Waals surface area contributed by atoms with Crippen LogP contribution in [0.25, 0.3) is 0 Å². The van der Waals surface area contributed by atoms with Crippen molar-refractivity contribution < 1.29 is 21.6 Å². The van der Waals surface area contributed by atoms with Crippen LogP contribution in [0.3, 0.4) is 0 Å². The SMILES string of the molecule is O=S(=O)(c1cc(Cl)c(Br)s1)N1CC=C(C(F)(F)F)CC1. The molecular formula is C10H8BrClF3NO2S2. The molecule has 1 aliphatic heterocycles. The molecule has 0 aromatic carbocycles. The van der Waals surface area contributed by atoms with Crippen LogP contribution in [-0.2, 0) is 10.0 Å². The van der Waals surface area contributed by atoms with E-state index in [1.54, 1.807) is 0 Å². The number of rotatable bonds is 2. The molecule has 1 aliphatic rings. The van der Waals surface area contributed by atoms with E-state index >= 15 is 0 Å². The highest BCUT2D eigenvalue weighted by atomic mass is 79.9. The number of thiophene rings is 1. The molecule has 0 amide bonds. The molecule has 1 aromatic rings. The molecular weight excluding hydrogens is 403 g/mol. The minimum absolute atomic E-state index is 0.0123. The molecule has 0 spiro atoms. The summed E-state index contributed by atoms with van der Waals surface area (Å²) in [6.07, 6.45) is -3.83. The molecule has 0 aliphatic carbocycles. The van der Waals surface area contributed by atoms with Gasteiger partial charge in [-0.05, 0) is 28.4 Å². The van der Waals surface area contributed by atoms with Gasteiger partial charge in [-0.1, -0.05) is 17.7 Å². The summed E-state index contributed by atoms with van der Waals surface area (Å²) in [6.45, 7) is -0.481. The number of sulfonamides is 1. The highest BCUT2D eigenvalue weighted by Gasteiger charge is 2.37. The molecule has 3 nitrogen and oxygen atoms in total. The second-order valence-electron chi connectivity index (χ2n) is 4.03. The van der Waals surface area contributed by atoms with Gasteiger partial charge in [0.2, 0.25) is 0 Å². The molecule has 1 aromatic heterocycles. The van der Waals surface area contributed by atoms with E-state index in [0.717, 1.165) is 21.7 Å². The minimum atomic E-state index is -4.40. The van der Waals surface area contributed by atoms with Crippen LogP contribution in [0.2, 0.25) is 5.02 Å². The molecule has 0 N–H and O–H groups in total. The Labute approximate surface area is 131 Å². The summed E-state index contributed by atoms with van der Waals surface area (Å²) < 4.78 is 63.5. The summed E-state index contributed by atoms with van der Waals surface area (Å²) in [5.41, 5.74) is -0.686. The lowest BCUT2D eigenvalue weighted by molar-refractivity contribution is -0.0953. The first-order valence-electron chi connectivity index (χ1n) is 5.33. The average Bonchev–Trinajstić information content (AvgIpc) is 2.69. The van der Waals surface area contributed by atoms with Crippen molar-refractivity contribution in [2.75, 3.05) is 13.1 Å². The number of alkyl halides is 3. The summed E-state index contributed by atoms with van der Waals surface area (Å²) in [7, 11) is -3.81. The van der Waals surface area contributed by atoms with Crippen molar-refractivity contribution in [1.82, 2.24) is 4.31 Å². The van der Waals surface area contributed by atoms with Crippen LogP contribution in [0.15, 0.2) is 25.7 Å². The summed E-state index contributed by atoms with van der Waals surface area (Å²) in [6, 6.07) is 1.29. The fourth-order valence-electron chi connectivity index (χ4n) is 1.71. The van der Waals surface area contributed by atoms with Gasteiger partial charge in [-0.2, -0.15) is 17.5 Å². The lowest BCUT2D eigenvalue weighted by atomic mass is 10.1. The predicted molar refractivity (Wildman–Crippen MR) is 74.5 cm³/mol. The van der Waals surface area contributed by atoms with Crippen LogP contribution < -0.4 is 0 Å². The number of hydrogen-bond acceptors (Lipinski definition) is 3. The zero-order chi connectivity index (χ0) is 15.1. The van der Waals surface area contributed by atoms with E-state index in [1.165, 1.54) is 6.07 Å². The van der Waals surface area contributed by atoms with Crippen molar-refractivity contribution in [3.05, 3.63) is 26.5 Å². The Kier molecular flexibility index (Phi) is 4.56. The van der Waals surface area contributed by atoms with Gasteiger partial charge in [-0.25, -0.2) is 8.42 Å². The molecule has 0 unspecified atom stereocenters. The van der Waals surface area contributed by atoms with Crippen molar-refractivity contribution in [2.45, 2.75) is 16.8 Å². The van der Waals surface area contributed by atoms with Crippen LogP contribution in [0.5, 0.6) is 0 Å². The molecule has 0 fully saturated rings. The maximum absolute atomic E-state index is 12.5. The van der Waals surface area contributed by atoms with Crippen LogP contribution in [-0.4, -0.2) is 32.0 Å². The maximum atomic E-state index is 12.5. The molecule has 2 rings (SSSR count). The van der Waals surface area contributed by atoms with Crippen molar-refractivity contribution in [3.63, 3.8) is 0 Å². The Hall–Kier alpha value is -0.0900. The van der Waals surface area contributed by atoms with E-state index < -0.39 is 21.8 Å². The Balaban J connectivity index is 2.24. The van der Waals surface area contributed by atoms with Gasteiger partial charge < -0.3 is 0 Å². The quantitative estimate of drug-likeness (QED) is 0.690. The largest absolute Gasteiger partial charge is 0.412 e. The monoisotopic (exact) mass is 409 g/mol. The third-order valence-corrected chi connectivity index (χ3v) is 7.54. The van der Waals surface area contributed by atoms with E-state index in [9.17, 15) is 21.6 Å². The fourth-order valence-corrected chi connectivity index (χ4v) is 5.64. The van der Waals surface area contributed by atoms with Crippen LogP contribution in [0, 0.1) is 0 Å². The lowest BCUT2D eigenvalue weighted by Crippen LogP contribution is -2.36. The third-order valence-electron chi connectivity index (χ3n) is 2.75. The van der Waals surface area contributed by atoms with Gasteiger partial charge >= 0.3 is 6.18 Å². The van der Waals surface area contributed by atoms with Gasteiger partial charge in [0.25, 0.3) is 10.0 Å². The minimum Gasteiger partial charge on any atom is -0.206 e. The molecule has 0 radical (unpaired) electrons. The predicted octanol–water partition coefficient (Wildman–Crippen LogP) is 4.05. The van der Waals surface area contributed by atoms with E-state index in [0.29, 0.717) is 3.79 Å². The molecule has 2 heterocycles. The Bertz CT molecular complexity index is 634. The zero-order valence-corrected chi connectivity index (χ0v) is 13.7. The number of hydrogen-bond donors (Lipinski definition) is 0. The fraction of sp³-hybridized carbons (Fsp3) is 0.400. The van der Waals surface area contributed by atoms with Crippen molar-refractivity contribution >= 4 is 48.9 Å². The summed E-state index contributed by atoms with van der Waals surface area (Å²) in [5, 5.41) is 0.261. The smallest absolute Gasteiger partial charge is 0.206 e. The molecule has 20 heavy (non-hydrogen) atoms. The normalized spacial score (nSPS) is 18.1. The van der Waals surface area contributed by atoms with E-state index in [4.69, 9.17) is 11.6 Å². The first-order valence-corrected chi connectivity index (χ1v) is 8.76. The maximum Gasteiger partial charge on any atom is 0.412 e. The zero-order valence-electron chi connectivity index (χ0n) is 9.75. The highest BCUT2D eigenvalue weighted by Crippen LogP contribution is 2.37. The second kappa shape index (κ2) is 5.60. The van der Waals surface area contributed by atoms with Crippen molar-refractivity contribution in [1.29, 1.82) is 0 Å². The first-order chi connectivity index (χ1) is 9.12. The Morgan fingerprint density at radius 3 is 2.45 bits per heavy atom. The van der Waals surface area contributed by atoms with E-state index in [1.807, 2.05) is 0 Å². The molecule has 0 saturated heterocycles. The average molecular weight is 411 g/mol. The van der Waals surface area contributed by atoms with Gasteiger partial charge in [-0.3, -0.25) is 0 Å². The third kappa shape index (κ3) is 3.22. The topological polar surface area (TPSA) is 37.4 Å². The van der Waals surface area contributed by atoms with E-state index in [-0.39, 0.29) is 28.7 Å². The van der Waals surface area contributed by atoms with Crippen LogP contribution in [0.1, 0.15) is 6.42 Å². The summed E-state index contributed by atoms with van der Waals surface area (Å²) in [5.74, 6) is 0. The Morgan fingerprint density at radius 2 is 2.05 bits per heavy atom. The van der Waals surface area contributed by atoms with Crippen LogP contribution >= 0.6 is 38.9 Å².